The molecule has 0 spiro atoms. The molecule has 0 bridgehead atoms. The third-order valence-electron chi connectivity index (χ3n) is 3.51. The number of rotatable bonds is 2. The van der Waals surface area contributed by atoms with Crippen molar-refractivity contribution < 1.29 is 9.53 Å². The fourth-order valence-corrected chi connectivity index (χ4v) is 2.76. The molecular formula is C11H20N2O2. The largest absolute Gasteiger partial charge is 0.379 e. The Kier molecular flexibility index (Phi) is 3.59. The van der Waals surface area contributed by atoms with Crippen LogP contribution >= 0.6 is 0 Å². The number of carbonyl (C=O) groups is 1. The molecule has 0 aromatic carbocycles. The monoisotopic (exact) mass is 212 g/mol. The number of amides is 1. The second-order valence-corrected chi connectivity index (χ2v) is 4.46. The number of carbonyl (C=O) groups excluding carboxylic acids is 1. The topological polar surface area (TPSA) is 55.6 Å². The van der Waals surface area contributed by atoms with Crippen molar-refractivity contribution in [2.24, 2.45) is 11.7 Å². The first-order chi connectivity index (χ1) is 7.33. The first-order valence-electron chi connectivity index (χ1n) is 5.90. The maximum Gasteiger partial charge on any atom is 0.224 e. The highest BCUT2D eigenvalue weighted by atomic mass is 16.5. The van der Waals surface area contributed by atoms with E-state index in [1.165, 1.54) is 12.8 Å². The summed E-state index contributed by atoms with van der Waals surface area (Å²) in [5, 5.41) is 0. The van der Waals surface area contributed by atoms with E-state index in [2.05, 4.69) is 0 Å². The van der Waals surface area contributed by atoms with Crippen LogP contribution in [0.25, 0.3) is 0 Å². The highest BCUT2D eigenvalue weighted by Crippen LogP contribution is 2.31. The highest BCUT2D eigenvalue weighted by molar-refractivity contribution is 5.76. The molecule has 0 unspecified atom stereocenters. The average Bonchev–Trinajstić information content (AvgIpc) is 2.58. The minimum absolute atomic E-state index is 0.208. The molecule has 1 amide bonds. The summed E-state index contributed by atoms with van der Waals surface area (Å²) in [5.41, 5.74) is 5.43. The van der Waals surface area contributed by atoms with E-state index < -0.39 is 0 Å². The summed E-state index contributed by atoms with van der Waals surface area (Å²) in [6.45, 7) is 2.72. The predicted molar refractivity (Wildman–Crippen MR) is 57.3 cm³/mol. The van der Waals surface area contributed by atoms with Crippen LogP contribution in [-0.4, -0.2) is 43.2 Å². The van der Waals surface area contributed by atoms with Gasteiger partial charge < -0.3 is 15.4 Å². The number of nitrogens with two attached hydrogens (primary N) is 1. The maximum absolute atomic E-state index is 11.9. The van der Waals surface area contributed by atoms with Gasteiger partial charge in [0, 0.05) is 31.5 Å². The molecule has 4 heteroatoms. The second-order valence-electron chi connectivity index (χ2n) is 4.46. The fraction of sp³-hybridized carbons (Fsp3) is 0.909. The van der Waals surface area contributed by atoms with Crippen LogP contribution in [0.3, 0.4) is 0 Å². The van der Waals surface area contributed by atoms with E-state index in [0.29, 0.717) is 31.5 Å². The maximum atomic E-state index is 11.9. The van der Waals surface area contributed by atoms with E-state index in [-0.39, 0.29) is 5.91 Å². The summed E-state index contributed by atoms with van der Waals surface area (Å²) in [5.74, 6) is 0.772. The van der Waals surface area contributed by atoms with Gasteiger partial charge in [-0.2, -0.15) is 0 Å². The zero-order chi connectivity index (χ0) is 10.7. The molecule has 2 atom stereocenters. The first-order valence-corrected chi connectivity index (χ1v) is 5.90. The number of ether oxygens (including phenoxy) is 1. The van der Waals surface area contributed by atoms with Gasteiger partial charge in [0.15, 0.2) is 0 Å². The van der Waals surface area contributed by atoms with Crippen LogP contribution in [0.5, 0.6) is 0 Å². The van der Waals surface area contributed by atoms with Crippen molar-refractivity contribution in [2.75, 3.05) is 26.3 Å². The molecule has 0 radical (unpaired) electrons. The zero-order valence-corrected chi connectivity index (χ0v) is 9.15. The zero-order valence-electron chi connectivity index (χ0n) is 9.15. The third kappa shape index (κ3) is 2.32. The van der Waals surface area contributed by atoms with E-state index in [4.69, 9.17) is 10.5 Å². The summed E-state index contributed by atoms with van der Waals surface area (Å²) in [6.07, 6.45) is 4.05. The van der Waals surface area contributed by atoms with Crippen molar-refractivity contribution in [1.29, 1.82) is 0 Å². The number of hydrogen-bond acceptors (Lipinski definition) is 3. The first kappa shape index (κ1) is 10.9. The van der Waals surface area contributed by atoms with Crippen molar-refractivity contribution in [1.82, 2.24) is 4.90 Å². The van der Waals surface area contributed by atoms with Crippen LogP contribution in [0, 0.1) is 5.92 Å². The molecule has 0 aromatic rings. The smallest absolute Gasteiger partial charge is 0.224 e. The molecule has 4 nitrogen and oxygen atoms in total. The summed E-state index contributed by atoms with van der Waals surface area (Å²) < 4.78 is 5.54. The van der Waals surface area contributed by atoms with Gasteiger partial charge in [-0.25, -0.2) is 0 Å². The lowest BCUT2D eigenvalue weighted by Gasteiger charge is -2.29. The lowest BCUT2D eigenvalue weighted by atomic mass is 10.0. The highest BCUT2D eigenvalue weighted by Gasteiger charge is 2.35. The minimum Gasteiger partial charge on any atom is -0.379 e. The number of fused-ring (bicyclic) bond motifs is 1. The Bertz CT molecular complexity index is 233. The number of nitrogens with zero attached hydrogens (tertiary/aromatic N) is 1. The van der Waals surface area contributed by atoms with Gasteiger partial charge in [0.25, 0.3) is 0 Å². The van der Waals surface area contributed by atoms with Gasteiger partial charge in [-0.15, -0.1) is 0 Å². The quantitative estimate of drug-likeness (QED) is 0.719. The average molecular weight is 212 g/mol. The van der Waals surface area contributed by atoms with Crippen molar-refractivity contribution >= 4 is 5.91 Å². The molecule has 1 aliphatic carbocycles. The Hall–Kier alpha value is -0.610. The van der Waals surface area contributed by atoms with E-state index in [0.717, 1.165) is 19.6 Å². The Morgan fingerprint density at radius 1 is 1.47 bits per heavy atom. The Balaban J connectivity index is 2.03. The van der Waals surface area contributed by atoms with Crippen LogP contribution in [-0.2, 0) is 9.53 Å². The van der Waals surface area contributed by atoms with Crippen molar-refractivity contribution in [2.45, 2.75) is 31.7 Å². The van der Waals surface area contributed by atoms with Crippen molar-refractivity contribution in [3.05, 3.63) is 0 Å². The molecule has 2 rings (SSSR count). The normalized spacial score (nSPS) is 31.1. The SMILES string of the molecule is NCCC(=O)N1CCOC[C@@H]2CCC[C@@H]21. The third-order valence-corrected chi connectivity index (χ3v) is 3.51. The van der Waals surface area contributed by atoms with Crippen LogP contribution in [0.2, 0.25) is 0 Å². The molecular weight excluding hydrogens is 192 g/mol. The van der Waals surface area contributed by atoms with Crippen LogP contribution in [0.15, 0.2) is 0 Å². The van der Waals surface area contributed by atoms with Gasteiger partial charge in [0.1, 0.15) is 0 Å². The molecule has 1 aliphatic heterocycles. The van der Waals surface area contributed by atoms with Gasteiger partial charge in [0.05, 0.1) is 13.2 Å². The Morgan fingerprint density at radius 3 is 3.13 bits per heavy atom. The summed E-state index contributed by atoms with van der Waals surface area (Å²) in [7, 11) is 0. The van der Waals surface area contributed by atoms with Gasteiger partial charge in [0.2, 0.25) is 5.91 Å². The van der Waals surface area contributed by atoms with Gasteiger partial charge >= 0.3 is 0 Å². The van der Waals surface area contributed by atoms with E-state index >= 15 is 0 Å². The molecule has 2 aliphatic rings. The predicted octanol–water partition coefficient (Wildman–Crippen LogP) is 0.363. The van der Waals surface area contributed by atoms with E-state index in [1.807, 2.05) is 4.90 Å². The molecule has 1 saturated carbocycles. The summed E-state index contributed by atoms with van der Waals surface area (Å²) in [6, 6.07) is 0.423. The molecule has 86 valence electrons. The van der Waals surface area contributed by atoms with Gasteiger partial charge in [-0.1, -0.05) is 6.42 Å². The lowest BCUT2D eigenvalue weighted by molar-refractivity contribution is -0.133. The second kappa shape index (κ2) is 4.94. The fourth-order valence-electron chi connectivity index (χ4n) is 2.76. The Labute approximate surface area is 90.8 Å². The molecule has 1 heterocycles. The summed E-state index contributed by atoms with van der Waals surface area (Å²) >= 11 is 0. The van der Waals surface area contributed by atoms with Crippen LogP contribution < -0.4 is 5.73 Å². The summed E-state index contributed by atoms with van der Waals surface area (Å²) in [4.78, 5) is 13.9. The van der Waals surface area contributed by atoms with Gasteiger partial charge in [-0.3, -0.25) is 4.79 Å². The molecule has 15 heavy (non-hydrogen) atoms. The van der Waals surface area contributed by atoms with E-state index in [1.54, 1.807) is 0 Å². The number of hydrogen-bond donors (Lipinski definition) is 1. The standard InChI is InChI=1S/C11H20N2O2/c12-5-4-11(14)13-6-7-15-8-9-2-1-3-10(9)13/h9-10H,1-8,12H2/t9-,10-/m0/s1. The van der Waals surface area contributed by atoms with E-state index in [9.17, 15) is 4.79 Å². The Morgan fingerprint density at radius 2 is 2.33 bits per heavy atom. The molecule has 2 N–H and O–H groups in total. The van der Waals surface area contributed by atoms with Crippen LogP contribution in [0.4, 0.5) is 0 Å². The van der Waals surface area contributed by atoms with Crippen LogP contribution in [0.1, 0.15) is 25.7 Å². The molecule has 2 fully saturated rings. The van der Waals surface area contributed by atoms with Crippen molar-refractivity contribution in [3.63, 3.8) is 0 Å². The van der Waals surface area contributed by atoms with Gasteiger partial charge in [-0.05, 0) is 12.8 Å². The minimum atomic E-state index is 0.208. The molecule has 0 aromatic heterocycles. The lowest BCUT2D eigenvalue weighted by Crippen LogP contribution is -2.43. The molecule has 1 saturated heterocycles. The van der Waals surface area contributed by atoms with Crippen molar-refractivity contribution in [3.8, 4) is 0 Å².